The van der Waals surface area contributed by atoms with Crippen molar-refractivity contribution in [3.63, 3.8) is 0 Å². The van der Waals surface area contributed by atoms with Gasteiger partial charge in [-0.15, -0.1) is 0 Å². The zero-order chi connectivity index (χ0) is 24.2. The summed E-state index contributed by atoms with van der Waals surface area (Å²) in [7, 11) is 0.0848. The Morgan fingerprint density at radius 2 is 1.88 bits per heavy atom. The van der Waals surface area contributed by atoms with Crippen molar-refractivity contribution in [1.29, 1.82) is 0 Å². The third kappa shape index (κ3) is 5.42. The first kappa shape index (κ1) is 24.6. The number of methoxy groups -OCH3 is 1. The summed E-state index contributed by atoms with van der Waals surface area (Å²) in [5.41, 5.74) is 4.62. The summed E-state index contributed by atoms with van der Waals surface area (Å²) in [6.07, 6.45) is 5.67. The van der Waals surface area contributed by atoms with Crippen LogP contribution >= 0.6 is 11.3 Å². The van der Waals surface area contributed by atoms with Crippen molar-refractivity contribution in [1.82, 2.24) is 9.97 Å². The molecule has 0 saturated carbocycles. The largest absolute Gasteiger partial charge is 0.495 e. The van der Waals surface area contributed by atoms with E-state index in [0.29, 0.717) is 22.6 Å². The SMILES string of the molecule is COc1ccc(-c2sc(NC(C)C3CCOCC3)nc2C)cc1S(=O)Nc1c(C)cncc1C. The van der Waals surface area contributed by atoms with Gasteiger partial charge in [-0.2, -0.15) is 0 Å². The molecule has 2 aromatic heterocycles. The van der Waals surface area contributed by atoms with E-state index < -0.39 is 11.0 Å². The van der Waals surface area contributed by atoms with Crippen molar-refractivity contribution in [2.75, 3.05) is 30.4 Å². The Bertz CT molecular complexity index is 1150. The number of thiazole rings is 1. The van der Waals surface area contributed by atoms with Crippen LogP contribution in [0.15, 0.2) is 35.5 Å². The Kier molecular flexibility index (Phi) is 7.85. The number of aryl methyl sites for hydroxylation is 3. The highest BCUT2D eigenvalue weighted by molar-refractivity contribution is 7.86. The third-order valence-corrected chi connectivity index (χ3v) is 8.51. The van der Waals surface area contributed by atoms with Crippen molar-refractivity contribution < 1.29 is 13.7 Å². The Balaban J connectivity index is 1.58. The second kappa shape index (κ2) is 10.8. The van der Waals surface area contributed by atoms with Crippen LogP contribution in [-0.4, -0.2) is 40.5 Å². The average Bonchev–Trinajstić information content (AvgIpc) is 3.21. The van der Waals surface area contributed by atoms with Crippen LogP contribution in [0, 0.1) is 26.7 Å². The Morgan fingerprint density at radius 3 is 2.56 bits per heavy atom. The summed E-state index contributed by atoms with van der Waals surface area (Å²) >= 11 is 1.63. The highest BCUT2D eigenvalue weighted by Crippen LogP contribution is 2.37. The Hall–Kier alpha value is -2.49. The lowest BCUT2D eigenvalue weighted by Gasteiger charge is -2.28. The van der Waals surface area contributed by atoms with Crippen molar-refractivity contribution in [3.8, 4) is 16.2 Å². The van der Waals surface area contributed by atoms with E-state index in [2.05, 4.69) is 21.9 Å². The van der Waals surface area contributed by atoms with Crippen LogP contribution in [0.25, 0.3) is 10.4 Å². The summed E-state index contributed by atoms with van der Waals surface area (Å²) in [4.78, 5) is 10.6. The van der Waals surface area contributed by atoms with Gasteiger partial charge in [0.1, 0.15) is 10.6 Å². The molecule has 182 valence electrons. The zero-order valence-electron chi connectivity index (χ0n) is 20.3. The van der Waals surface area contributed by atoms with Gasteiger partial charge in [0.25, 0.3) is 0 Å². The predicted octanol–water partition coefficient (Wildman–Crippen LogP) is 5.50. The Labute approximate surface area is 207 Å². The first-order valence-electron chi connectivity index (χ1n) is 11.5. The van der Waals surface area contributed by atoms with E-state index in [9.17, 15) is 4.21 Å². The second-order valence-corrected chi connectivity index (χ2v) is 10.9. The molecule has 0 amide bonds. The standard InChI is InChI=1S/C25H32N4O3S2/c1-15-13-26-14-16(2)23(15)29-34(30)22-12-20(6-7-21(22)31-5)24-18(4)28-25(33-24)27-17(3)19-8-10-32-11-9-19/h6-7,12-14,17,19H,8-11H2,1-5H3,(H,26,29)(H,27,28). The fraction of sp³-hybridized carbons (Fsp3) is 0.440. The maximum atomic E-state index is 13.4. The van der Waals surface area contributed by atoms with E-state index in [1.54, 1.807) is 30.8 Å². The lowest BCUT2D eigenvalue weighted by atomic mass is 9.93. The molecular weight excluding hydrogens is 468 g/mol. The number of nitrogens with zero attached hydrogens (tertiary/aromatic N) is 2. The molecule has 0 aliphatic carbocycles. The number of anilines is 2. The molecule has 2 N–H and O–H groups in total. The van der Waals surface area contributed by atoms with Gasteiger partial charge >= 0.3 is 0 Å². The number of rotatable bonds is 8. The molecule has 1 fully saturated rings. The van der Waals surface area contributed by atoms with Crippen LogP contribution in [0.4, 0.5) is 10.8 Å². The quantitative estimate of drug-likeness (QED) is 0.425. The van der Waals surface area contributed by atoms with E-state index in [1.807, 2.05) is 39.0 Å². The van der Waals surface area contributed by atoms with Gasteiger partial charge in [-0.05, 0) is 81.3 Å². The monoisotopic (exact) mass is 500 g/mol. The van der Waals surface area contributed by atoms with Crippen LogP contribution in [0.3, 0.4) is 0 Å². The maximum absolute atomic E-state index is 13.4. The van der Waals surface area contributed by atoms with E-state index in [0.717, 1.165) is 64.1 Å². The molecule has 1 aliphatic rings. The summed E-state index contributed by atoms with van der Waals surface area (Å²) in [6, 6.07) is 6.12. The van der Waals surface area contributed by atoms with Crippen molar-refractivity contribution >= 4 is 33.1 Å². The average molecular weight is 501 g/mol. The molecule has 2 unspecified atom stereocenters. The van der Waals surface area contributed by atoms with Crippen LogP contribution in [0.5, 0.6) is 5.75 Å². The third-order valence-electron chi connectivity index (χ3n) is 6.27. The number of pyridine rings is 1. The highest BCUT2D eigenvalue weighted by atomic mass is 32.2. The molecule has 3 heterocycles. The second-order valence-electron chi connectivity index (χ2n) is 8.70. The van der Waals surface area contributed by atoms with Gasteiger partial charge < -0.3 is 19.5 Å². The van der Waals surface area contributed by atoms with Gasteiger partial charge in [0.15, 0.2) is 16.1 Å². The van der Waals surface area contributed by atoms with Crippen LogP contribution in [0.2, 0.25) is 0 Å². The molecular formula is C25H32N4O3S2. The summed E-state index contributed by atoms with van der Waals surface area (Å²) in [6.45, 7) is 9.79. The number of aromatic nitrogens is 2. The van der Waals surface area contributed by atoms with Gasteiger partial charge in [-0.3, -0.25) is 4.98 Å². The molecule has 7 nitrogen and oxygen atoms in total. The lowest BCUT2D eigenvalue weighted by Crippen LogP contribution is -2.30. The van der Waals surface area contributed by atoms with Crippen molar-refractivity contribution in [2.45, 2.75) is 51.5 Å². The summed E-state index contributed by atoms with van der Waals surface area (Å²) in [5.74, 6) is 1.16. The first-order chi connectivity index (χ1) is 16.4. The number of benzene rings is 1. The van der Waals surface area contributed by atoms with E-state index in [4.69, 9.17) is 14.5 Å². The predicted molar refractivity (Wildman–Crippen MR) is 139 cm³/mol. The van der Waals surface area contributed by atoms with E-state index in [-0.39, 0.29) is 0 Å². The zero-order valence-corrected chi connectivity index (χ0v) is 21.9. The molecule has 4 rings (SSSR count). The minimum Gasteiger partial charge on any atom is -0.495 e. The molecule has 0 radical (unpaired) electrons. The summed E-state index contributed by atoms with van der Waals surface area (Å²) < 4.78 is 27.5. The van der Waals surface area contributed by atoms with Crippen molar-refractivity contribution in [2.24, 2.45) is 5.92 Å². The minimum atomic E-state index is -1.51. The van der Waals surface area contributed by atoms with E-state index >= 15 is 0 Å². The smallest absolute Gasteiger partial charge is 0.183 e. The fourth-order valence-electron chi connectivity index (χ4n) is 4.23. The van der Waals surface area contributed by atoms with Crippen LogP contribution in [0.1, 0.15) is 36.6 Å². The van der Waals surface area contributed by atoms with Crippen LogP contribution in [-0.2, 0) is 15.7 Å². The molecule has 1 saturated heterocycles. The number of hydrogen-bond donors (Lipinski definition) is 2. The molecule has 1 aromatic carbocycles. The molecule has 0 spiro atoms. The minimum absolute atomic E-state index is 0.331. The lowest BCUT2D eigenvalue weighted by molar-refractivity contribution is 0.0622. The number of nitrogens with one attached hydrogen (secondary N) is 2. The van der Waals surface area contributed by atoms with Crippen LogP contribution < -0.4 is 14.8 Å². The number of ether oxygens (including phenoxy) is 2. The maximum Gasteiger partial charge on any atom is 0.183 e. The van der Waals surface area contributed by atoms with Gasteiger partial charge in [0, 0.05) is 31.6 Å². The first-order valence-corrected chi connectivity index (χ1v) is 13.4. The molecule has 9 heteroatoms. The molecule has 3 aromatic rings. The highest BCUT2D eigenvalue weighted by Gasteiger charge is 2.22. The normalized spacial score (nSPS) is 16.1. The van der Waals surface area contributed by atoms with Gasteiger partial charge in [-0.1, -0.05) is 11.3 Å². The van der Waals surface area contributed by atoms with E-state index in [1.165, 1.54) is 0 Å². The molecule has 0 bridgehead atoms. The molecule has 1 aliphatic heterocycles. The van der Waals surface area contributed by atoms with Gasteiger partial charge in [0.2, 0.25) is 0 Å². The Morgan fingerprint density at radius 1 is 1.18 bits per heavy atom. The van der Waals surface area contributed by atoms with Crippen molar-refractivity contribution in [3.05, 3.63) is 47.4 Å². The molecule has 2 atom stereocenters. The molecule has 34 heavy (non-hydrogen) atoms. The van der Waals surface area contributed by atoms with Gasteiger partial charge in [0.05, 0.1) is 23.4 Å². The fourth-order valence-corrected chi connectivity index (χ4v) is 6.47. The van der Waals surface area contributed by atoms with Gasteiger partial charge in [-0.25, -0.2) is 9.19 Å². The topological polar surface area (TPSA) is 85.4 Å². The number of hydrogen-bond acceptors (Lipinski definition) is 7. The summed E-state index contributed by atoms with van der Waals surface area (Å²) in [5, 5.41) is 4.51.